The molecule has 1 aromatic carbocycles. The SMILES string of the molecule is CSc1cccc(SC(C)C(C)C)c1CN. The van der Waals surface area contributed by atoms with Gasteiger partial charge in [0.25, 0.3) is 0 Å². The van der Waals surface area contributed by atoms with Crippen molar-refractivity contribution in [3.63, 3.8) is 0 Å². The van der Waals surface area contributed by atoms with Gasteiger partial charge in [0, 0.05) is 21.6 Å². The van der Waals surface area contributed by atoms with Crippen LogP contribution in [0.5, 0.6) is 0 Å². The predicted molar refractivity (Wildman–Crippen MR) is 76.3 cm³/mol. The molecule has 0 aliphatic heterocycles. The molecule has 1 unspecified atom stereocenters. The molecule has 1 aromatic rings. The van der Waals surface area contributed by atoms with Gasteiger partial charge in [-0.05, 0) is 29.9 Å². The lowest BCUT2D eigenvalue weighted by Gasteiger charge is -2.18. The van der Waals surface area contributed by atoms with Crippen LogP contribution in [-0.2, 0) is 6.54 Å². The third kappa shape index (κ3) is 3.44. The van der Waals surface area contributed by atoms with Gasteiger partial charge < -0.3 is 5.73 Å². The second kappa shape index (κ2) is 6.58. The Labute approximate surface area is 108 Å². The zero-order valence-corrected chi connectivity index (χ0v) is 12.1. The zero-order chi connectivity index (χ0) is 12.1. The monoisotopic (exact) mass is 255 g/mol. The fourth-order valence-electron chi connectivity index (χ4n) is 1.38. The van der Waals surface area contributed by atoms with E-state index in [1.54, 1.807) is 11.8 Å². The Bertz CT molecular complexity index is 337. The van der Waals surface area contributed by atoms with Crippen LogP contribution in [0.2, 0.25) is 0 Å². The van der Waals surface area contributed by atoms with E-state index in [9.17, 15) is 0 Å². The van der Waals surface area contributed by atoms with E-state index < -0.39 is 0 Å². The maximum atomic E-state index is 5.85. The molecule has 1 nitrogen and oxygen atoms in total. The highest BCUT2D eigenvalue weighted by Gasteiger charge is 2.13. The minimum atomic E-state index is 0.627. The highest BCUT2D eigenvalue weighted by atomic mass is 32.2. The molecule has 90 valence electrons. The Hall–Kier alpha value is -0.120. The zero-order valence-electron chi connectivity index (χ0n) is 10.5. The van der Waals surface area contributed by atoms with E-state index in [-0.39, 0.29) is 0 Å². The first-order chi connectivity index (χ1) is 7.60. The van der Waals surface area contributed by atoms with Gasteiger partial charge in [-0.15, -0.1) is 23.5 Å². The minimum absolute atomic E-state index is 0.627. The molecule has 2 N–H and O–H groups in total. The first-order valence-corrected chi connectivity index (χ1v) is 7.73. The Balaban J connectivity index is 2.95. The Kier molecular flexibility index (Phi) is 5.73. The Morgan fingerprint density at radius 2 is 1.81 bits per heavy atom. The van der Waals surface area contributed by atoms with Crippen LogP contribution in [0.15, 0.2) is 28.0 Å². The van der Waals surface area contributed by atoms with Crippen LogP contribution in [0.4, 0.5) is 0 Å². The van der Waals surface area contributed by atoms with Gasteiger partial charge in [0.2, 0.25) is 0 Å². The van der Waals surface area contributed by atoms with Crippen molar-refractivity contribution < 1.29 is 0 Å². The average Bonchev–Trinajstić information content (AvgIpc) is 2.28. The molecule has 3 heteroatoms. The molecule has 0 radical (unpaired) electrons. The molecular weight excluding hydrogens is 234 g/mol. The summed E-state index contributed by atoms with van der Waals surface area (Å²) in [5, 5.41) is 0.627. The lowest BCUT2D eigenvalue weighted by molar-refractivity contribution is 0.642. The van der Waals surface area contributed by atoms with E-state index in [1.807, 2.05) is 11.8 Å². The van der Waals surface area contributed by atoms with Crippen LogP contribution in [0, 0.1) is 5.92 Å². The van der Waals surface area contributed by atoms with Gasteiger partial charge in [-0.1, -0.05) is 26.8 Å². The van der Waals surface area contributed by atoms with Crippen molar-refractivity contribution in [1.29, 1.82) is 0 Å². The molecule has 1 rings (SSSR count). The number of rotatable bonds is 5. The molecule has 0 aliphatic rings. The molecule has 0 bridgehead atoms. The maximum absolute atomic E-state index is 5.85. The summed E-state index contributed by atoms with van der Waals surface area (Å²) in [4.78, 5) is 2.65. The summed E-state index contributed by atoms with van der Waals surface area (Å²) < 4.78 is 0. The molecule has 0 amide bonds. The van der Waals surface area contributed by atoms with Gasteiger partial charge in [-0.25, -0.2) is 0 Å². The third-order valence-electron chi connectivity index (χ3n) is 2.77. The quantitative estimate of drug-likeness (QED) is 0.805. The molecule has 0 heterocycles. The first-order valence-electron chi connectivity index (χ1n) is 5.62. The third-order valence-corrected chi connectivity index (χ3v) is 5.14. The molecule has 1 atom stereocenters. The molecule has 0 fully saturated rings. The number of hydrogen-bond donors (Lipinski definition) is 1. The summed E-state index contributed by atoms with van der Waals surface area (Å²) in [6, 6.07) is 6.46. The van der Waals surface area contributed by atoms with Gasteiger partial charge in [0.15, 0.2) is 0 Å². The lowest BCUT2D eigenvalue weighted by atomic mass is 10.2. The summed E-state index contributed by atoms with van der Waals surface area (Å²) in [5.74, 6) is 0.688. The summed E-state index contributed by atoms with van der Waals surface area (Å²) in [6.07, 6.45) is 2.11. The first kappa shape index (κ1) is 13.9. The van der Waals surface area contributed by atoms with Crippen LogP contribution >= 0.6 is 23.5 Å². The van der Waals surface area contributed by atoms with Crippen molar-refractivity contribution in [1.82, 2.24) is 0 Å². The van der Waals surface area contributed by atoms with Gasteiger partial charge in [-0.3, -0.25) is 0 Å². The van der Waals surface area contributed by atoms with Crippen LogP contribution in [-0.4, -0.2) is 11.5 Å². The maximum Gasteiger partial charge on any atom is 0.0200 e. The lowest BCUT2D eigenvalue weighted by Crippen LogP contribution is -2.07. The van der Waals surface area contributed by atoms with Crippen LogP contribution < -0.4 is 5.73 Å². The summed E-state index contributed by atoms with van der Waals surface area (Å²) in [7, 11) is 0. The largest absolute Gasteiger partial charge is 0.326 e. The minimum Gasteiger partial charge on any atom is -0.326 e. The second-order valence-corrected chi connectivity index (χ2v) is 6.48. The second-order valence-electron chi connectivity index (χ2n) is 4.21. The van der Waals surface area contributed by atoms with E-state index >= 15 is 0 Å². The summed E-state index contributed by atoms with van der Waals surface area (Å²) >= 11 is 3.72. The van der Waals surface area contributed by atoms with Crippen molar-refractivity contribution in [2.45, 2.75) is 42.4 Å². The smallest absolute Gasteiger partial charge is 0.0200 e. The molecule has 0 aliphatic carbocycles. The van der Waals surface area contributed by atoms with E-state index in [2.05, 4.69) is 45.2 Å². The van der Waals surface area contributed by atoms with Crippen molar-refractivity contribution in [2.24, 2.45) is 11.7 Å². The van der Waals surface area contributed by atoms with Gasteiger partial charge >= 0.3 is 0 Å². The Morgan fingerprint density at radius 3 is 2.31 bits per heavy atom. The highest BCUT2D eigenvalue weighted by Crippen LogP contribution is 2.34. The fraction of sp³-hybridized carbons (Fsp3) is 0.538. The summed E-state index contributed by atoms with van der Waals surface area (Å²) in [5.41, 5.74) is 7.15. The van der Waals surface area contributed by atoms with E-state index in [0.29, 0.717) is 17.7 Å². The number of benzene rings is 1. The molecule has 0 saturated heterocycles. The predicted octanol–water partition coefficient (Wildman–Crippen LogP) is 4.00. The number of hydrogen-bond acceptors (Lipinski definition) is 3. The van der Waals surface area contributed by atoms with Crippen molar-refractivity contribution >= 4 is 23.5 Å². The van der Waals surface area contributed by atoms with Crippen LogP contribution in [0.3, 0.4) is 0 Å². The number of nitrogens with two attached hydrogens (primary N) is 1. The molecule has 0 aromatic heterocycles. The summed E-state index contributed by atoms with van der Waals surface area (Å²) in [6.45, 7) is 7.43. The molecule has 0 saturated carbocycles. The topological polar surface area (TPSA) is 26.0 Å². The van der Waals surface area contributed by atoms with E-state index in [0.717, 1.165) is 0 Å². The standard InChI is InChI=1S/C13H21NS2/c1-9(2)10(3)16-13-7-5-6-12(15-4)11(13)8-14/h5-7,9-10H,8,14H2,1-4H3. The number of thioether (sulfide) groups is 2. The molecule has 0 spiro atoms. The molecular formula is C13H21NS2. The van der Waals surface area contributed by atoms with E-state index in [4.69, 9.17) is 5.73 Å². The van der Waals surface area contributed by atoms with Gasteiger partial charge in [-0.2, -0.15) is 0 Å². The fourth-order valence-corrected chi connectivity index (χ4v) is 3.27. The molecule has 16 heavy (non-hydrogen) atoms. The van der Waals surface area contributed by atoms with E-state index in [1.165, 1.54) is 15.4 Å². The van der Waals surface area contributed by atoms with Crippen LogP contribution in [0.25, 0.3) is 0 Å². The van der Waals surface area contributed by atoms with Crippen molar-refractivity contribution in [3.05, 3.63) is 23.8 Å². The van der Waals surface area contributed by atoms with Gasteiger partial charge in [0.05, 0.1) is 0 Å². The van der Waals surface area contributed by atoms with Crippen LogP contribution in [0.1, 0.15) is 26.3 Å². The highest BCUT2D eigenvalue weighted by molar-refractivity contribution is 8.00. The van der Waals surface area contributed by atoms with Crippen molar-refractivity contribution in [3.8, 4) is 0 Å². The normalized spacial score (nSPS) is 13.1. The average molecular weight is 255 g/mol. The van der Waals surface area contributed by atoms with Crippen molar-refractivity contribution in [2.75, 3.05) is 6.26 Å². The van der Waals surface area contributed by atoms with Gasteiger partial charge in [0.1, 0.15) is 0 Å². The Morgan fingerprint density at radius 1 is 1.19 bits per heavy atom.